The van der Waals surface area contributed by atoms with Gasteiger partial charge in [-0.25, -0.2) is 13.1 Å². The van der Waals surface area contributed by atoms with Gasteiger partial charge in [0.2, 0.25) is 10.0 Å². The minimum absolute atomic E-state index is 0.160. The summed E-state index contributed by atoms with van der Waals surface area (Å²) in [6.07, 6.45) is 1.29. The van der Waals surface area contributed by atoms with Crippen LogP contribution in [0.1, 0.15) is 25.8 Å². The fourth-order valence-corrected chi connectivity index (χ4v) is 2.93. The third-order valence-electron chi connectivity index (χ3n) is 2.79. The van der Waals surface area contributed by atoms with E-state index >= 15 is 0 Å². The van der Waals surface area contributed by atoms with Gasteiger partial charge in [0.25, 0.3) is 0 Å². The van der Waals surface area contributed by atoms with Crippen molar-refractivity contribution in [1.82, 2.24) is 10.0 Å². The fraction of sp³-hybridized carbons (Fsp3) is 0.571. The lowest BCUT2D eigenvalue weighted by atomic mass is 10.2. The molecule has 114 valence electrons. The van der Waals surface area contributed by atoms with Crippen molar-refractivity contribution in [3.8, 4) is 0 Å². The molecule has 1 rings (SSSR count). The number of hydrogen-bond acceptors (Lipinski definition) is 3. The summed E-state index contributed by atoms with van der Waals surface area (Å²) < 4.78 is 26.1. The largest absolute Gasteiger partial charge is 0.314 e. The Morgan fingerprint density at radius 3 is 2.40 bits per heavy atom. The van der Waals surface area contributed by atoms with Crippen molar-refractivity contribution in [1.29, 1.82) is 0 Å². The predicted octanol–water partition coefficient (Wildman–Crippen LogP) is 2.19. The van der Waals surface area contributed by atoms with E-state index in [9.17, 15) is 8.42 Å². The van der Waals surface area contributed by atoms with E-state index in [1.54, 1.807) is 0 Å². The van der Waals surface area contributed by atoms with E-state index < -0.39 is 10.0 Å². The second-order valence-corrected chi connectivity index (χ2v) is 7.41. The van der Waals surface area contributed by atoms with Gasteiger partial charge in [-0.05, 0) is 37.1 Å². The van der Waals surface area contributed by atoms with Crippen molar-refractivity contribution >= 4 is 21.6 Å². The van der Waals surface area contributed by atoms with E-state index in [1.165, 1.54) is 0 Å². The van der Waals surface area contributed by atoms with Crippen LogP contribution in [-0.4, -0.2) is 33.3 Å². The van der Waals surface area contributed by atoms with Gasteiger partial charge in [-0.15, -0.1) is 0 Å². The van der Waals surface area contributed by atoms with Gasteiger partial charge >= 0.3 is 0 Å². The molecular formula is C14H23ClN2O2S. The summed E-state index contributed by atoms with van der Waals surface area (Å²) in [7, 11) is -3.17. The van der Waals surface area contributed by atoms with Crippen LogP contribution in [0.2, 0.25) is 5.02 Å². The highest BCUT2D eigenvalue weighted by molar-refractivity contribution is 7.89. The summed E-state index contributed by atoms with van der Waals surface area (Å²) in [5.41, 5.74) is 1.07. The Kier molecular flexibility index (Phi) is 7.51. The third-order valence-corrected chi connectivity index (χ3v) is 4.51. The van der Waals surface area contributed by atoms with E-state index in [0.717, 1.165) is 12.1 Å². The Morgan fingerprint density at radius 2 is 1.80 bits per heavy atom. The second-order valence-electron chi connectivity index (χ2n) is 5.05. The molecule has 0 aliphatic rings. The van der Waals surface area contributed by atoms with Gasteiger partial charge < -0.3 is 5.32 Å². The van der Waals surface area contributed by atoms with Crippen LogP contribution in [0.5, 0.6) is 0 Å². The first kappa shape index (κ1) is 17.4. The smallest absolute Gasteiger partial charge is 0.211 e. The maximum absolute atomic E-state index is 11.8. The average Bonchev–Trinajstić information content (AvgIpc) is 2.37. The van der Waals surface area contributed by atoms with Crippen LogP contribution in [0.15, 0.2) is 24.3 Å². The van der Waals surface area contributed by atoms with Crippen LogP contribution in [0.25, 0.3) is 0 Å². The van der Waals surface area contributed by atoms with Crippen LogP contribution >= 0.6 is 11.6 Å². The number of rotatable bonds is 9. The molecular weight excluding hydrogens is 296 g/mol. The predicted molar refractivity (Wildman–Crippen MR) is 84.7 cm³/mol. The lowest BCUT2D eigenvalue weighted by molar-refractivity contribution is 0.561. The van der Waals surface area contributed by atoms with Gasteiger partial charge in [0.15, 0.2) is 0 Å². The molecule has 1 aromatic rings. The molecule has 0 fully saturated rings. The first-order chi connectivity index (χ1) is 9.39. The molecule has 0 radical (unpaired) electrons. The summed E-state index contributed by atoms with van der Waals surface area (Å²) in [4.78, 5) is 0. The molecule has 0 amide bonds. The van der Waals surface area contributed by atoms with Crippen molar-refractivity contribution < 1.29 is 8.42 Å². The molecule has 0 spiro atoms. The summed E-state index contributed by atoms with van der Waals surface area (Å²) in [6, 6.07) is 7.81. The highest BCUT2D eigenvalue weighted by atomic mass is 35.5. The summed E-state index contributed by atoms with van der Waals surface area (Å²) in [5, 5.41) is 3.89. The minimum atomic E-state index is -3.17. The van der Waals surface area contributed by atoms with Gasteiger partial charge in [0, 0.05) is 17.6 Å². The first-order valence-electron chi connectivity index (χ1n) is 6.84. The number of halogens is 1. The molecule has 0 aliphatic carbocycles. The molecule has 0 heterocycles. The van der Waals surface area contributed by atoms with Gasteiger partial charge in [0.1, 0.15) is 0 Å². The van der Waals surface area contributed by atoms with Crippen LogP contribution < -0.4 is 10.0 Å². The van der Waals surface area contributed by atoms with Crippen LogP contribution in [-0.2, 0) is 16.4 Å². The second kappa shape index (κ2) is 8.62. The molecule has 0 aliphatic heterocycles. The van der Waals surface area contributed by atoms with E-state index in [0.29, 0.717) is 30.5 Å². The Labute approximate surface area is 127 Å². The monoisotopic (exact) mass is 318 g/mol. The Bertz CT molecular complexity index is 486. The molecule has 0 saturated heterocycles. The average molecular weight is 319 g/mol. The molecule has 0 unspecified atom stereocenters. The van der Waals surface area contributed by atoms with E-state index in [2.05, 4.69) is 10.0 Å². The molecule has 1 aromatic carbocycles. The lowest BCUT2D eigenvalue weighted by Crippen LogP contribution is -2.31. The molecule has 4 nitrogen and oxygen atoms in total. The maximum Gasteiger partial charge on any atom is 0.211 e. The number of sulfonamides is 1. The summed E-state index contributed by atoms with van der Waals surface area (Å²) in [5.74, 6) is 0.160. The van der Waals surface area contributed by atoms with Gasteiger partial charge in [-0.1, -0.05) is 37.6 Å². The summed E-state index contributed by atoms with van der Waals surface area (Å²) in [6.45, 7) is 5.22. The first-order valence-corrected chi connectivity index (χ1v) is 8.87. The highest BCUT2D eigenvalue weighted by Crippen LogP contribution is 2.09. The van der Waals surface area contributed by atoms with E-state index in [-0.39, 0.29) is 5.75 Å². The van der Waals surface area contributed by atoms with Crippen molar-refractivity contribution in [2.75, 3.05) is 18.8 Å². The Hall–Kier alpha value is -0.620. The van der Waals surface area contributed by atoms with E-state index in [4.69, 9.17) is 11.6 Å². The van der Waals surface area contributed by atoms with E-state index in [1.807, 2.05) is 38.1 Å². The van der Waals surface area contributed by atoms with Gasteiger partial charge in [-0.3, -0.25) is 0 Å². The Morgan fingerprint density at radius 1 is 1.15 bits per heavy atom. The normalized spacial score (nSPS) is 12.0. The lowest BCUT2D eigenvalue weighted by Gasteiger charge is -2.09. The number of hydrogen-bond donors (Lipinski definition) is 2. The molecule has 0 atom stereocenters. The summed E-state index contributed by atoms with van der Waals surface area (Å²) >= 11 is 5.79. The van der Waals surface area contributed by atoms with Crippen molar-refractivity contribution in [2.45, 2.75) is 32.7 Å². The van der Waals surface area contributed by atoms with Crippen LogP contribution in [0.3, 0.4) is 0 Å². The van der Waals surface area contributed by atoms with Crippen LogP contribution in [0, 0.1) is 0 Å². The zero-order valence-corrected chi connectivity index (χ0v) is 13.6. The van der Waals surface area contributed by atoms with Gasteiger partial charge in [0.05, 0.1) is 5.75 Å². The Balaban J connectivity index is 2.24. The third kappa shape index (κ3) is 7.85. The molecule has 6 heteroatoms. The SMILES string of the molecule is CC(C)NCCCS(=O)(=O)NCCc1ccc(Cl)cc1. The fourth-order valence-electron chi connectivity index (χ4n) is 1.73. The molecule has 0 aromatic heterocycles. The quantitative estimate of drug-likeness (QED) is 0.686. The highest BCUT2D eigenvalue weighted by Gasteiger charge is 2.09. The minimum Gasteiger partial charge on any atom is -0.314 e. The molecule has 20 heavy (non-hydrogen) atoms. The number of benzene rings is 1. The van der Waals surface area contributed by atoms with Gasteiger partial charge in [-0.2, -0.15) is 0 Å². The van der Waals surface area contributed by atoms with Crippen molar-refractivity contribution in [2.24, 2.45) is 0 Å². The zero-order valence-electron chi connectivity index (χ0n) is 12.0. The molecule has 0 saturated carbocycles. The maximum atomic E-state index is 11.8. The zero-order chi connectivity index (χ0) is 15.0. The van der Waals surface area contributed by atoms with Crippen molar-refractivity contribution in [3.05, 3.63) is 34.9 Å². The standard InChI is InChI=1S/C14H23ClN2O2S/c1-12(2)16-9-3-11-20(18,19)17-10-8-13-4-6-14(15)7-5-13/h4-7,12,16-17H,3,8-11H2,1-2H3. The van der Waals surface area contributed by atoms with Crippen molar-refractivity contribution in [3.63, 3.8) is 0 Å². The molecule has 0 bridgehead atoms. The number of nitrogens with one attached hydrogen (secondary N) is 2. The van der Waals surface area contributed by atoms with Crippen LogP contribution in [0.4, 0.5) is 0 Å². The topological polar surface area (TPSA) is 58.2 Å². The molecule has 2 N–H and O–H groups in total.